The van der Waals surface area contributed by atoms with Crippen molar-refractivity contribution in [3.8, 4) is 0 Å². The summed E-state index contributed by atoms with van der Waals surface area (Å²) >= 11 is 4.95. The molecule has 0 aliphatic heterocycles. The van der Waals surface area contributed by atoms with Crippen LogP contribution in [0.5, 0.6) is 0 Å². The molecule has 0 fully saturated rings. The van der Waals surface area contributed by atoms with Gasteiger partial charge in [-0.1, -0.05) is 18.2 Å². The van der Waals surface area contributed by atoms with Crippen molar-refractivity contribution >= 4 is 27.3 Å². The molecule has 0 aliphatic rings. The third kappa shape index (κ3) is 2.17. The Morgan fingerprint density at radius 3 is 2.62 bits per heavy atom. The van der Waals surface area contributed by atoms with Crippen LogP contribution in [0.1, 0.15) is 16.5 Å². The molecule has 3 N–H and O–H groups in total. The molecule has 1 aromatic heterocycles. The number of nitrogens with two attached hydrogens (primary N) is 1. The summed E-state index contributed by atoms with van der Waals surface area (Å²) in [6.07, 6.45) is 0. The average molecular weight is 301 g/mol. The van der Waals surface area contributed by atoms with Crippen LogP contribution in [0.2, 0.25) is 0 Å². The van der Waals surface area contributed by atoms with Gasteiger partial charge in [0.25, 0.3) is 0 Å². The van der Waals surface area contributed by atoms with Gasteiger partial charge in [0.2, 0.25) is 0 Å². The lowest BCUT2D eigenvalue weighted by Gasteiger charge is -2.16. The normalized spacial score (nSPS) is 12.7. The second-order valence-corrected chi connectivity index (χ2v) is 5.06. The first kappa shape index (κ1) is 11.7. The minimum absolute atomic E-state index is 0.259. The summed E-state index contributed by atoms with van der Waals surface area (Å²) in [5, 5.41) is 1.94. The molecule has 1 heterocycles. The van der Waals surface area contributed by atoms with Crippen LogP contribution < -0.4 is 11.3 Å². The molecular weight excluding hydrogens is 291 g/mol. The number of hydrazine groups is 1. The Kier molecular flexibility index (Phi) is 3.70. The van der Waals surface area contributed by atoms with Crippen LogP contribution in [0.15, 0.2) is 40.2 Å². The van der Waals surface area contributed by atoms with Crippen molar-refractivity contribution in [3.63, 3.8) is 0 Å². The molecule has 1 aromatic carbocycles. The highest BCUT2D eigenvalue weighted by atomic mass is 79.9. The van der Waals surface area contributed by atoms with Crippen molar-refractivity contribution in [1.82, 2.24) is 5.43 Å². The Morgan fingerprint density at radius 2 is 2.06 bits per heavy atom. The van der Waals surface area contributed by atoms with Gasteiger partial charge in [0.05, 0.1) is 6.04 Å². The van der Waals surface area contributed by atoms with Crippen LogP contribution in [0.25, 0.3) is 0 Å². The van der Waals surface area contributed by atoms with Crippen LogP contribution in [-0.2, 0) is 0 Å². The van der Waals surface area contributed by atoms with E-state index in [1.165, 1.54) is 17.4 Å². The predicted octanol–water partition coefficient (Wildman–Crippen LogP) is 3.20. The first-order valence-electron chi connectivity index (χ1n) is 4.67. The smallest absolute Gasteiger partial charge is 0.128 e. The number of halogens is 2. The topological polar surface area (TPSA) is 38.0 Å². The molecule has 2 rings (SSSR count). The summed E-state index contributed by atoms with van der Waals surface area (Å²) in [5.74, 6) is 5.24. The fourth-order valence-electron chi connectivity index (χ4n) is 1.53. The highest BCUT2D eigenvalue weighted by Gasteiger charge is 2.19. The summed E-state index contributed by atoms with van der Waals surface area (Å²) in [6, 6.07) is 8.22. The lowest BCUT2D eigenvalue weighted by Crippen LogP contribution is -2.29. The summed E-state index contributed by atoms with van der Waals surface area (Å²) in [7, 11) is 0. The van der Waals surface area contributed by atoms with E-state index < -0.39 is 0 Å². The summed E-state index contributed by atoms with van der Waals surface area (Å²) in [5.41, 5.74) is 3.19. The Labute approximate surface area is 105 Å². The molecule has 0 saturated carbocycles. The second kappa shape index (κ2) is 5.05. The molecule has 5 heteroatoms. The van der Waals surface area contributed by atoms with Crippen molar-refractivity contribution in [2.75, 3.05) is 0 Å². The van der Waals surface area contributed by atoms with E-state index in [4.69, 9.17) is 5.84 Å². The maximum atomic E-state index is 13.6. The van der Waals surface area contributed by atoms with Gasteiger partial charge in [-0.15, -0.1) is 11.3 Å². The Hall–Kier alpha value is -0.750. The number of hydrogen-bond acceptors (Lipinski definition) is 3. The average Bonchev–Trinajstić information content (AvgIpc) is 2.69. The number of thiophene rings is 1. The molecule has 0 saturated heterocycles. The number of nitrogens with one attached hydrogen (secondary N) is 1. The van der Waals surface area contributed by atoms with E-state index >= 15 is 0 Å². The largest absolute Gasteiger partial charge is 0.271 e. The van der Waals surface area contributed by atoms with Gasteiger partial charge in [-0.3, -0.25) is 5.84 Å². The molecule has 16 heavy (non-hydrogen) atoms. The van der Waals surface area contributed by atoms with Crippen LogP contribution in [0.3, 0.4) is 0 Å². The van der Waals surface area contributed by atoms with Gasteiger partial charge in [0.1, 0.15) is 5.82 Å². The molecule has 0 amide bonds. The molecule has 1 unspecified atom stereocenters. The van der Waals surface area contributed by atoms with E-state index in [1.54, 1.807) is 18.2 Å². The van der Waals surface area contributed by atoms with Gasteiger partial charge >= 0.3 is 0 Å². The van der Waals surface area contributed by atoms with Gasteiger partial charge in [-0.25, -0.2) is 9.82 Å². The van der Waals surface area contributed by atoms with E-state index in [-0.39, 0.29) is 11.9 Å². The minimum Gasteiger partial charge on any atom is -0.271 e. The highest BCUT2D eigenvalue weighted by molar-refractivity contribution is 9.10. The molecule has 84 valence electrons. The van der Waals surface area contributed by atoms with Crippen molar-refractivity contribution in [2.45, 2.75) is 6.04 Å². The van der Waals surface area contributed by atoms with Gasteiger partial charge in [-0.2, -0.15) is 0 Å². The number of hydrogen-bond donors (Lipinski definition) is 2. The molecule has 0 spiro atoms. The molecule has 2 nitrogen and oxygen atoms in total. The molecule has 0 radical (unpaired) electrons. The summed E-state index contributed by atoms with van der Waals surface area (Å²) in [4.78, 5) is 0.965. The van der Waals surface area contributed by atoms with Crippen molar-refractivity contribution in [1.29, 1.82) is 0 Å². The summed E-state index contributed by atoms with van der Waals surface area (Å²) in [6.45, 7) is 0. The quantitative estimate of drug-likeness (QED) is 0.675. The minimum atomic E-state index is -0.324. The maximum Gasteiger partial charge on any atom is 0.128 e. The van der Waals surface area contributed by atoms with E-state index in [1.807, 2.05) is 11.4 Å². The fourth-order valence-corrected chi connectivity index (χ4v) is 3.21. The lowest BCUT2D eigenvalue weighted by atomic mass is 10.1. The maximum absolute atomic E-state index is 13.6. The van der Waals surface area contributed by atoms with E-state index in [0.717, 1.165) is 9.35 Å². The molecular formula is C11H10BrFN2S. The first-order chi connectivity index (χ1) is 7.74. The Morgan fingerprint density at radius 1 is 1.31 bits per heavy atom. The molecule has 0 aliphatic carbocycles. The van der Waals surface area contributed by atoms with Crippen LogP contribution in [0.4, 0.5) is 4.39 Å². The highest BCUT2D eigenvalue weighted by Crippen LogP contribution is 2.33. The van der Waals surface area contributed by atoms with Crippen molar-refractivity contribution in [2.24, 2.45) is 5.84 Å². The van der Waals surface area contributed by atoms with Crippen molar-refractivity contribution in [3.05, 3.63) is 56.4 Å². The first-order valence-corrected chi connectivity index (χ1v) is 6.34. The van der Waals surface area contributed by atoms with Gasteiger partial charge in [0, 0.05) is 14.9 Å². The van der Waals surface area contributed by atoms with Crippen LogP contribution in [0, 0.1) is 5.82 Å². The third-order valence-electron chi connectivity index (χ3n) is 2.29. The Balaban J connectivity index is 2.45. The zero-order chi connectivity index (χ0) is 11.5. The third-order valence-corrected chi connectivity index (χ3v) is 4.23. The van der Waals surface area contributed by atoms with E-state index in [9.17, 15) is 4.39 Å². The van der Waals surface area contributed by atoms with Crippen LogP contribution >= 0.6 is 27.3 Å². The molecule has 1 atom stereocenters. The lowest BCUT2D eigenvalue weighted by molar-refractivity contribution is 0.563. The number of rotatable bonds is 3. The van der Waals surface area contributed by atoms with Crippen LogP contribution in [-0.4, -0.2) is 0 Å². The zero-order valence-corrected chi connectivity index (χ0v) is 10.7. The summed E-state index contributed by atoms with van der Waals surface area (Å²) < 4.78 is 14.6. The van der Waals surface area contributed by atoms with Gasteiger partial charge in [-0.05, 0) is 33.4 Å². The van der Waals surface area contributed by atoms with Gasteiger partial charge in [0.15, 0.2) is 0 Å². The van der Waals surface area contributed by atoms with Crippen molar-refractivity contribution < 1.29 is 4.39 Å². The predicted molar refractivity (Wildman–Crippen MR) is 67.6 cm³/mol. The SMILES string of the molecule is NNC(c1ccccc1F)c1sccc1Br. The number of benzene rings is 1. The molecule has 2 aromatic rings. The standard InChI is InChI=1S/C11H10BrFN2S/c12-8-5-6-16-11(8)10(15-14)7-3-1-2-4-9(7)13/h1-6,10,15H,14H2. The zero-order valence-electron chi connectivity index (χ0n) is 8.28. The second-order valence-electron chi connectivity index (χ2n) is 3.25. The monoisotopic (exact) mass is 300 g/mol. The molecule has 0 bridgehead atoms. The fraction of sp³-hybridized carbons (Fsp3) is 0.0909. The Bertz CT molecular complexity index is 486. The van der Waals surface area contributed by atoms with Gasteiger partial charge < -0.3 is 0 Å². The van der Waals surface area contributed by atoms with E-state index in [2.05, 4.69) is 21.4 Å². The van der Waals surface area contributed by atoms with E-state index in [0.29, 0.717) is 5.56 Å².